The van der Waals surface area contributed by atoms with Crippen LogP contribution >= 0.6 is 0 Å². The summed E-state index contributed by atoms with van der Waals surface area (Å²) in [6.45, 7) is 3.28. The van der Waals surface area contributed by atoms with Crippen LogP contribution in [-0.2, 0) is 11.3 Å². The van der Waals surface area contributed by atoms with Crippen LogP contribution in [0.3, 0.4) is 0 Å². The number of fused-ring (bicyclic) bond motifs is 1. The summed E-state index contributed by atoms with van der Waals surface area (Å²) in [5, 5.41) is 0.931. The monoisotopic (exact) mass is 436 g/mol. The minimum Gasteiger partial charge on any atom is -0.493 e. The van der Waals surface area contributed by atoms with E-state index in [1.165, 1.54) is 7.11 Å². The van der Waals surface area contributed by atoms with Crippen LogP contribution in [0.5, 0.6) is 11.5 Å². The van der Waals surface area contributed by atoms with Crippen LogP contribution in [0.1, 0.15) is 34.3 Å². The molecule has 2 heterocycles. The van der Waals surface area contributed by atoms with Crippen LogP contribution in [0.25, 0.3) is 10.9 Å². The van der Waals surface area contributed by atoms with E-state index in [9.17, 15) is 9.59 Å². The lowest BCUT2D eigenvalue weighted by molar-refractivity contribution is 0.0506. The molecule has 0 spiro atoms. The van der Waals surface area contributed by atoms with Gasteiger partial charge in [0.1, 0.15) is 0 Å². The molecule has 1 atom stereocenters. The molecule has 168 valence electrons. The molecule has 1 aliphatic heterocycles. The zero-order valence-corrected chi connectivity index (χ0v) is 18.6. The Morgan fingerprint density at radius 2 is 1.94 bits per heavy atom. The maximum Gasteiger partial charge on any atom is 0.254 e. The van der Waals surface area contributed by atoms with Crippen molar-refractivity contribution in [3.8, 4) is 11.5 Å². The number of carbonyl (C=O) groups excluding carboxylic acids is 1. The molecule has 4 rings (SSSR count). The topological polar surface area (TPSA) is 80.9 Å². The Kier molecular flexibility index (Phi) is 6.46. The molecular formula is C25H28N2O5. The Hall–Kier alpha value is -3.32. The third kappa shape index (κ3) is 4.62. The third-order valence-electron chi connectivity index (χ3n) is 5.81. The summed E-state index contributed by atoms with van der Waals surface area (Å²) in [6, 6.07) is 12.9. The van der Waals surface area contributed by atoms with Crippen LogP contribution < -0.4 is 15.0 Å². The summed E-state index contributed by atoms with van der Waals surface area (Å²) in [4.78, 5) is 30.9. The molecule has 1 amide bonds. The van der Waals surface area contributed by atoms with Gasteiger partial charge in [-0.1, -0.05) is 12.1 Å². The first-order valence-electron chi connectivity index (χ1n) is 10.7. The summed E-state index contributed by atoms with van der Waals surface area (Å²) in [6.07, 6.45) is 1.82. The average molecular weight is 437 g/mol. The fraction of sp³-hybridized carbons (Fsp3) is 0.360. The summed E-state index contributed by atoms with van der Waals surface area (Å²) in [5.74, 6) is 0.843. The van der Waals surface area contributed by atoms with Crippen molar-refractivity contribution in [2.75, 3.05) is 27.4 Å². The average Bonchev–Trinajstić information content (AvgIpc) is 3.31. The number of nitrogens with one attached hydrogen (secondary N) is 1. The molecule has 7 nitrogen and oxygen atoms in total. The highest BCUT2D eigenvalue weighted by Gasteiger charge is 2.25. The number of nitrogens with zero attached hydrogens (tertiary/aromatic N) is 1. The number of aryl methyl sites for hydroxylation is 1. The van der Waals surface area contributed by atoms with Gasteiger partial charge in [-0.15, -0.1) is 0 Å². The Labute approximate surface area is 186 Å². The van der Waals surface area contributed by atoms with E-state index < -0.39 is 0 Å². The molecule has 1 saturated heterocycles. The van der Waals surface area contributed by atoms with E-state index >= 15 is 0 Å². The van der Waals surface area contributed by atoms with E-state index in [-0.39, 0.29) is 24.1 Å². The number of aromatic nitrogens is 1. The standard InChI is InChI=1S/C25H28N2O5/c1-16-6-7-17-12-19(24(28)26-21(17)11-16)14-27(15-20-5-4-10-32-20)25(29)18-8-9-22(30-2)23(13-18)31-3/h6-9,11-13,20H,4-5,10,14-15H2,1-3H3,(H,26,28)/t20-/m0/s1. The number of H-pyrrole nitrogens is 1. The molecule has 1 fully saturated rings. The third-order valence-corrected chi connectivity index (χ3v) is 5.81. The Morgan fingerprint density at radius 1 is 1.12 bits per heavy atom. The van der Waals surface area contributed by atoms with Crippen molar-refractivity contribution in [3.63, 3.8) is 0 Å². The van der Waals surface area contributed by atoms with Gasteiger partial charge in [0.05, 0.1) is 26.9 Å². The molecule has 7 heteroatoms. The van der Waals surface area contributed by atoms with Crippen molar-refractivity contribution < 1.29 is 19.0 Å². The largest absolute Gasteiger partial charge is 0.493 e. The molecule has 32 heavy (non-hydrogen) atoms. The normalized spacial score (nSPS) is 15.7. The summed E-state index contributed by atoms with van der Waals surface area (Å²) in [5.41, 5.74) is 2.67. The lowest BCUT2D eigenvalue weighted by Gasteiger charge is -2.26. The molecule has 3 aromatic rings. The van der Waals surface area contributed by atoms with Crippen LogP contribution in [0.4, 0.5) is 0 Å². The van der Waals surface area contributed by atoms with Crippen LogP contribution in [-0.4, -0.2) is 49.3 Å². The van der Waals surface area contributed by atoms with E-state index in [0.29, 0.717) is 35.8 Å². The molecule has 0 unspecified atom stereocenters. The quantitative estimate of drug-likeness (QED) is 0.611. The van der Waals surface area contributed by atoms with E-state index in [1.54, 1.807) is 30.2 Å². The predicted octanol–water partition coefficient (Wildman–Crippen LogP) is 3.68. The highest BCUT2D eigenvalue weighted by atomic mass is 16.5. The molecule has 2 aromatic carbocycles. The smallest absolute Gasteiger partial charge is 0.254 e. The lowest BCUT2D eigenvalue weighted by atomic mass is 10.1. The first-order valence-corrected chi connectivity index (χ1v) is 10.7. The molecule has 0 saturated carbocycles. The Morgan fingerprint density at radius 3 is 2.66 bits per heavy atom. The van der Waals surface area contributed by atoms with Crippen LogP contribution in [0, 0.1) is 6.92 Å². The number of hydrogen-bond acceptors (Lipinski definition) is 5. The van der Waals surface area contributed by atoms with Crippen molar-refractivity contribution in [2.45, 2.75) is 32.4 Å². The number of carbonyl (C=O) groups is 1. The second kappa shape index (κ2) is 9.44. The minimum absolute atomic E-state index is 0.0405. The maximum absolute atomic E-state index is 13.5. The predicted molar refractivity (Wildman–Crippen MR) is 123 cm³/mol. The first kappa shape index (κ1) is 21.9. The van der Waals surface area contributed by atoms with Crippen molar-refractivity contribution in [2.24, 2.45) is 0 Å². The van der Waals surface area contributed by atoms with Crippen molar-refractivity contribution >= 4 is 16.8 Å². The van der Waals surface area contributed by atoms with Crippen molar-refractivity contribution in [1.82, 2.24) is 9.88 Å². The zero-order chi connectivity index (χ0) is 22.7. The Balaban J connectivity index is 1.67. The summed E-state index contributed by atoms with van der Waals surface area (Å²) >= 11 is 0. The van der Waals surface area contributed by atoms with Gasteiger partial charge >= 0.3 is 0 Å². The minimum atomic E-state index is -0.194. The Bertz CT molecular complexity index is 1180. The molecule has 1 N–H and O–H groups in total. The SMILES string of the molecule is COc1ccc(C(=O)N(Cc2cc3ccc(C)cc3[nH]c2=O)C[C@@H]2CCCO2)cc1OC. The van der Waals surface area contributed by atoms with E-state index in [1.807, 2.05) is 31.2 Å². The second-order valence-electron chi connectivity index (χ2n) is 8.10. The number of hydrogen-bond donors (Lipinski definition) is 1. The number of amides is 1. The van der Waals surface area contributed by atoms with Crippen molar-refractivity contribution in [1.29, 1.82) is 0 Å². The van der Waals surface area contributed by atoms with Gasteiger partial charge in [-0.3, -0.25) is 9.59 Å². The molecular weight excluding hydrogens is 408 g/mol. The summed E-state index contributed by atoms with van der Waals surface area (Å²) < 4.78 is 16.4. The van der Waals surface area contributed by atoms with E-state index in [4.69, 9.17) is 14.2 Å². The molecule has 1 aliphatic rings. The second-order valence-corrected chi connectivity index (χ2v) is 8.10. The first-order chi connectivity index (χ1) is 15.5. The lowest BCUT2D eigenvalue weighted by Crippen LogP contribution is -2.38. The number of aromatic amines is 1. The molecule has 0 radical (unpaired) electrons. The number of ether oxygens (including phenoxy) is 3. The highest BCUT2D eigenvalue weighted by molar-refractivity contribution is 5.95. The van der Waals surface area contributed by atoms with Gasteiger partial charge in [0.15, 0.2) is 11.5 Å². The van der Waals surface area contributed by atoms with Gasteiger partial charge in [0, 0.05) is 29.8 Å². The number of rotatable bonds is 7. The zero-order valence-electron chi connectivity index (χ0n) is 18.6. The van der Waals surface area contributed by atoms with Crippen LogP contribution in [0.2, 0.25) is 0 Å². The fourth-order valence-corrected chi connectivity index (χ4v) is 4.09. The van der Waals surface area contributed by atoms with Gasteiger partial charge in [0.25, 0.3) is 11.5 Å². The van der Waals surface area contributed by atoms with Gasteiger partial charge < -0.3 is 24.1 Å². The van der Waals surface area contributed by atoms with Gasteiger partial charge in [0.2, 0.25) is 0 Å². The maximum atomic E-state index is 13.5. The van der Waals surface area contributed by atoms with E-state index in [2.05, 4.69) is 4.98 Å². The molecule has 0 bridgehead atoms. The summed E-state index contributed by atoms with van der Waals surface area (Å²) in [7, 11) is 3.09. The number of methoxy groups -OCH3 is 2. The highest BCUT2D eigenvalue weighted by Crippen LogP contribution is 2.28. The van der Waals surface area contributed by atoms with Gasteiger partial charge in [-0.25, -0.2) is 0 Å². The number of benzene rings is 2. The van der Waals surface area contributed by atoms with Crippen molar-refractivity contribution in [3.05, 3.63) is 69.5 Å². The van der Waals surface area contributed by atoms with Crippen LogP contribution in [0.15, 0.2) is 47.3 Å². The molecule has 1 aromatic heterocycles. The van der Waals surface area contributed by atoms with Gasteiger partial charge in [-0.05, 0) is 61.0 Å². The fourth-order valence-electron chi connectivity index (χ4n) is 4.09. The molecule has 0 aliphatic carbocycles. The van der Waals surface area contributed by atoms with E-state index in [0.717, 1.165) is 29.3 Å². The number of pyridine rings is 1. The van der Waals surface area contributed by atoms with Gasteiger partial charge in [-0.2, -0.15) is 0 Å².